The summed E-state index contributed by atoms with van der Waals surface area (Å²) in [5.74, 6) is -0.197. The molecule has 152 valence electrons. The van der Waals surface area contributed by atoms with Gasteiger partial charge < -0.3 is 9.47 Å². The fourth-order valence-electron chi connectivity index (χ4n) is 3.50. The number of fused-ring (bicyclic) bond motifs is 1. The van der Waals surface area contributed by atoms with Crippen molar-refractivity contribution in [3.63, 3.8) is 0 Å². The van der Waals surface area contributed by atoms with Crippen LogP contribution in [-0.2, 0) is 21.2 Å². The van der Waals surface area contributed by atoms with Gasteiger partial charge in [0.25, 0.3) is 0 Å². The van der Waals surface area contributed by atoms with E-state index in [1.165, 1.54) is 28.6 Å². The number of esters is 1. The van der Waals surface area contributed by atoms with E-state index in [1.54, 1.807) is 18.2 Å². The molecule has 1 fully saturated rings. The van der Waals surface area contributed by atoms with Crippen LogP contribution in [0.1, 0.15) is 39.1 Å². The van der Waals surface area contributed by atoms with Gasteiger partial charge in [-0.15, -0.1) is 0 Å². The number of nitrogens with zero attached hydrogens (tertiary/aromatic N) is 1. The number of sulfonamides is 1. The molecule has 29 heavy (non-hydrogen) atoms. The van der Waals surface area contributed by atoms with E-state index in [2.05, 4.69) is 0 Å². The van der Waals surface area contributed by atoms with Gasteiger partial charge in [0.1, 0.15) is 5.75 Å². The van der Waals surface area contributed by atoms with Gasteiger partial charge in [-0.1, -0.05) is 0 Å². The van der Waals surface area contributed by atoms with Gasteiger partial charge in [0.05, 0.1) is 17.1 Å². The Hall–Kier alpha value is -2.71. The second-order valence-corrected chi connectivity index (χ2v) is 8.99. The van der Waals surface area contributed by atoms with Crippen molar-refractivity contribution in [1.29, 1.82) is 0 Å². The molecular formula is C21H21NO6S. The summed E-state index contributed by atoms with van der Waals surface area (Å²) in [4.78, 5) is 24.7. The van der Waals surface area contributed by atoms with Crippen molar-refractivity contribution in [3.05, 3.63) is 59.2 Å². The van der Waals surface area contributed by atoms with Gasteiger partial charge in [0.2, 0.25) is 10.0 Å². The highest BCUT2D eigenvalue weighted by atomic mass is 32.2. The van der Waals surface area contributed by atoms with Crippen LogP contribution in [0.5, 0.6) is 5.75 Å². The number of carbonyl (C=O) groups is 2. The molecule has 0 atom stereocenters. The van der Waals surface area contributed by atoms with Crippen molar-refractivity contribution >= 4 is 21.8 Å². The van der Waals surface area contributed by atoms with Gasteiger partial charge in [-0.3, -0.25) is 4.79 Å². The van der Waals surface area contributed by atoms with Crippen molar-refractivity contribution in [2.75, 3.05) is 26.3 Å². The van der Waals surface area contributed by atoms with Crippen LogP contribution in [0.3, 0.4) is 0 Å². The van der Waals surface area contributed by atoms with Crippen LogP contribution in [0.4, 0.5) is 0 Å². The molecule has 1 saturated heterocycles. The topological polar surface area (TPSA) is 90.0 Å². The van der Waals surface area contributed by atoms with E-state index in [9.17, 15) is 18.0 Å². The molecule has 2 heterocycles. The minimum atomic E-state index is -3.53. The second-order valence-electron chi connectivity index (χ2n) is 7.06. The number of hydrogen-bond acceptors (Lipinski definition) is 6. The number of Topliss-reactive ketones (excluding diaryl/α,β-unsaturated/α-hetero) is 1. The molecule has 0 spiro atoms. The molecule has 2 aromatic rings. The Labute approximate surface area is 169 Å². The Morgan fingerprint density at radius 3 is 2.41 bits per heavy atom. The largest absolute Gasteiger partial charge is 0.493 e. The van der Waals surface area contributed by atoms with Gasteiger partial charge >= 0.3 is 5.97 Å². The Morgan fingerprint density at radius 1 is 1.00 bits per heavy atom. The first-order chi connectivity index (χ1) is 13.9. The molecule has 0 bridgehead atoms. The first-order valence-corrected chi connectivity index (χ1v) is 11.0. The van der Waals surface area contributed by atoms with Crippen LogP contribution >= 0.6 is 0 Å². The zero-order chi connectivity index (χ0) is 20.4. The van der Waals surface area contributed by atoms with E-state index >= 15 is 0 Å². The molecule has 8 heteroatoms. The lowest BCUT2D eigenvalue weighted by atomic mass is 10.1. The molecule has 0 saturated carbocycles. The normalized spacial score (nSPS) is 16.3. The molecule has 0 N–H and O–H groups in total. The number of hydrogen-bond donors (Lipinski definition) is 0. The number of ketones is 1. The highest BCUT2D eigenvalue weighted by Gasteiger charge is 2.27. The Morgan fingerprint density at radius 2 is 1.69 bits per heavy atom. The van der Waals surface area contributed by atoms with E-state index in [1.807, 2.05) is 0 Å². The predicted molar refractivity (Wildman–Crippen MR) is 105 cm³/mol. The van der Waals surface area contributed by atoms with Crippen molar-refractivity contribution < 1.29 is 27.5 Å². The Kier molecular flexibility index (Phi) is 5.38. The van der Waals surface area contributed by atoms with Crippen molar-refractivity contribution in [2.45, 2.75) is 24.2 Å². The lowest BCUT2D eigenvalue weighted by Gasteiger charge is -2.15. The molecule has 4 rings (SSSR count). The van der Waals surface area contributed by atoms with Gasteiger partial charge in [-0.25, -0.2) is 13.2 Å². The lowest BCUT2D eigenvalue weighted by Crippen LogP contribution is -2.27. The highest BCUT2D eigenvalue weighted by molar-refractivity contribution is 7.89. The zero-order valence-electron chi connectivity index (χ0n) is 15.8. The summed E-state index contributed by atoms with van der Waals surface area (Å²) in [7, 11) is -3.53. The van der Waals surface area contributed by atoms with Crippen LogP contribution in [0, 0.1) is 0 Å². The molecule has 2 aromatic carbocycles. The van der Waals surface area contributed by atoms with Gasteiger partial charge in [-0.2, -0.15) is 4.31 Å². The van der Waals surface area contributed by atoms with E-state index in [0.717, 1.165) is 30.6 Å². The van der Waals surface area contributed by atoms with Crippen LogP contribution < -0.4 is 4.74 Å². The Bertz CT molecular complexity index is 1040. The van der Waals surface area contributed by atoms with E-state index in [0.29, 0.717) is 25.3 Å². The van der Waals surface area contributed by atoms with E-state index in [-0.39, 0.29) is 22.8 Å². The predicted octanol–water partition coefficient (Wildman–Crippen LogP) is 2.45. The van der Waals surface area contributed by atoms with E-state index in [4.69, 9.17) is 9.47 Å². The zero-order valence-corrected chi connectivity index (χ0v) is 16.6. The molecule has 2 aliphatic rings. The molecule has 0 radical (unpaired) electrons. The molecular weight excluding hydrogens is 394 g/mol. The van der Waals surface area contributed by atoms with Gasteiger partial charge in [0.15, 0.2) is 12.4 Å². The summed E-state index contributed by atoms with van der Waals surface area (Å²) in [5, 5.41) is 0. The quantitative estimate of drug-likeness (QED) is 0.532. The average molecular weight is 415 g/mol. The van der Waals surface area contributed by atoms with Crippen molar-refractivity contribution in [1.82, 2.24) is 4.31 Å². The molecule has 0 aromatic heterocycles. The van der Waals surface area contributed by atoms with Crippen LogP contribution in [0.15, 0.2) is 47.4 Å². The third-order valence-electron chi connectivity index (χ3n) is 5.14. The summed E-state index contributed by atoms with van der Waals surface area (Å²) in [5.41, 5.74) is 1.63. The van der Waals surface area contributed by atoms with Crippen LogP contribution in [0.25, 0.3) is 0 Å². The molecule has 0 aliphatic carbocycles. The minimum absolute atomic E-state index is 0.146. The summed E-state index contributed by atoms with van der Waals surface area (Å²) >= 11 is 0. The fraction of sp³-hybridized carbons (Fsp3) is 0.333. The molecule has 7 nitrogen and oxygen atoms in total. The van der Waals surface area contributed by atoms with Crippen molar-refractivity contribution in [2.24, 2.45) is 0 Å². The maximum atomic E-state index is 12.5. The van der Waals surface area contributed by atoms with Crippen LogP contribution in [0.2, 0.25) is 0 Å². The van der Waals surface area contributed by atoms with Crippen LogP contribution in [-0.4, -0.2) is 50.8 Å². The smallest absolute Gasteiger partial charge is 0.338 e. The third-order valence-corrected chi connectivity index (χ3v) is 7.05. The Balaban J connectivity index is 1.38. The number of ether oxygens (including phenoxy) is 2. The molecule has 0 amide bonds. The fourth-order valence-corrected chi connectivity index (χ4v) is 5.02. The minimum Gasteiger partial charge on any atom is -0.493 e. The SMILES string of the molecule is O=C(COC(=O)c1ccc(S(=O)(=O)N2CCCC2)cc1)c1ccc2c(c1)CCO2. The maximum absolute atomic E-state index is 12.5. The number of carbonyl (C=O) groups excluding carboxylic acids is 2. The van der Waals surface area contributed by atoms with E-state index < -0.39 is 16.0 Å². The monoisotopic (exact) mass is 415 g/mol. The maximum Gasteiger partial charge on any atom is 0.338 e. The highest BCUT2D eigenvalue weighted by Crippen LogP contribution is 2.26. The standard InChI is InChI=1S/C21H21NO6S/c23-19(16-5-8-20-17(13-16)9-12-27-20)14-28-21(24)15-3-6-18(7-4-15)29(25,26)22-10-1-2-11-22/h3-8,13H,1-2,9-12,14H2. The number of rotatable bonds is 6. The third kappa shape index (κ3) is 4.04. The molecule has 0 unspecified atom stereocenters. The number of benzene rings is 2. The lowest BCUT2D eigenvalue weighted by molar-refractivity contribution is 0.0474. The molecule has 2 aliphatic heterocycles. The van der Waals surface area contributed by atoms with Gasteiger partial charge in [0, 0.05) is 25.1 Å². The summed E-state index contributed by atoms with van der Waals surface area (Å²) in [6.07, 6.45) is 2.47. The van der Waals surface area contributed by atoms with Gasteiger partial charge in [-0.05, 0) is 60.9 Å². The van der Waals surface area contributed by atoms with Crippen molar-refractivity contribution in [3.8, 4) is 5.75 Å². The average Bonchev–Trinajstić information content (AvgIpc) is 3.43. The summed E-state index contributed by atoms with van der Waals surface area (Å²) < 4.78 is 37.0. The summed E-state index contributed by atoms with van der Waals surface area (Å²) in [6.45, 7) is 1.25. The first kappa shape index (κ1) is 19.6. The summed E-state index contributed by atoms with van der Waals surface area (Å²) in [6, 6.07) is 10.8. The second kappa shape index (κ2) is 7.96. The first-order valence-electron chi connectivity index (χ1n) is 9.51.